The fraction of sp³-hybridized carbons (Fsp3) is 0.538. The van der Waals surface area contributed by atoms with Gasteiger partial charge in [0.2, 0.25) is 5.75 Å². The summed E-state index contributed by atoms with van der Waals surface area (Å²) in [6.07, 6.45) is -5.41. The van der Waals surface area contributed by atoms with Crippen molar-refractivity contribution in [1.82, 2.24) is 0 Å². The number of benzene rings is 1. The first-order chi connectivity index (χ1) is 9.34. The number of hydrogen-bond donors (Lipinski definition) is 1. The van der Waals surface area contributed by atoms with Crippen molar-refractivity contribution in [1.29, 1.82) is 0 Å². The monoisotopic (exact) mass is 293 g/mol. The molecule has 7 heteroatoms. The van der Waals surface area contributed by atoms with E-state index < -0.39 is 18.6 Å². The average Bonchev–Trinajstić information content (AvgIpc) is 2.41. The van der Waals surface area contributed by atoms with E-state index >= 15 is 0 Å². The lowest BCUT2D eigenvalue weighted by Gasteiger charge is -2.20. The Kier molecular flexibility index (Phi) is 5.50. The maximum Gasteiger partial charge on any atom is 0.389 e. The second-order valence-corrected chi connectivity index (χ2v) is 4.18. The molecular formula is C13H18F3NO3. The molecule has 2 N–H and O–H groups in total. The van der Waals surface area contributed by atoms with Gasteiger partial charge in [-0.25, -0.2) is 0 Å². The quantitative estimate of drug-likeness (QED) is 0.876. The van der Waals surface area contributed by atoms with Crippen molar-refractivity contribution in [2.45, 2.75) is 25.1 Å². The molecule has 0 saturated heterocycles. The van der Waals surface area contributed by atoms with E-state index in [1.54, 1.807) is 12.1 Å². The molecule has 1 aromatic carbocycles. The predicted molar refractivity (Wildman–Crippen MR) is 68.3 cm³/mol. The van der Waals surface area contributed by atoms with Gasteiger partial charge in [0.15, 0.2) is 11.5 Å². The van der Waals surface area contributed by atoms with E-state index in [9.17, 15) is 13.2 Å². The molecule has 1 rings (SSSR count). The van der Waals surface area contributed by atoms with Gasteiger partial charge in [-0.15, -0.1) is 0 Å². The number of rotatable bonds is 6. The molecule has 114 valence electrons. The lowest BCUT2D eigenvalue weighted by atomic mass is 10.0. The van der Waals surface area contributed by atoms with Gasteiger partial charge < -0.3 is 19.9 Å². The minimum atomic E-state index is -4.23. The minimum absolute atomic E-state index is 0.227. The Labute approximate surface area is 115 Å². The normalized spacial score (nSPS) is 12.9. The summed E-state index contributed by atoms with van der Waals surface area (Å²) >= 11 is 0. The summed E-state index contributed by atoms with van der Waals surface area (Å²) in [5.74, 6) is 1.03. The number of nitrogens with two attached hydrogens (primary N) is 1. The Hall–Kier alpha value is -1.63. The van der Waals surface area contributed by atoms with Crippen LogP contribution < -0.4 is 19.9 Å². The van der Waals surface area contributed by atoms with Crippen molar-refractivity contribution >= 4 is 0 Å². The van der Waals surface area contributed by atoms with Crippen molar-refractivity contribution < 1.29 is 27.4 Å². The van der Waals surface area contributed by atoms with Crippen LogP contribution in [-0.4, -0.2) is 27.5 Å². The van der Waals surface area contributed by atoms with Crippen molar-refractivity contribution in [3.63, 3.8) is 0 Å². The van der Waals surface area contributed by atoms with Gasteiger partial charge >= 0.3 is 6.18 Å². The fourth-order valence-electron chi connectivity index (χ4n) is 1.89. The minimum Gasteiger partial charge on any atom is -0.493 e. The topological polar surface area (TPSA) is 53.7 Å². The molecule has 0 aromatic heterocycles. The third-order valence-electron chi connectivity index (χ3n) is 2.87. The smallest absolute Gasteiger partial charge is 0.389 e. The highest BCUT2D eigenvalue weighted by atomic mass is 19.4. The van der Waals surface area contributed by atoms with Crippen LogP contribution in [0, 0.1) is 0 Å². The molecule has 20 heavy (non-hydrogen) atoms. The lowest BCUT2D eigenvalue weighted by molar-refractivity contribution is -0.136. The van der Waals surface area contributed by atoms with Crippen LogP contribution in [0.15, 0.2) is 12.1 Å². The van der Waals surface area contributed by atoms with Gasteiger partial charge in [0.05, 0.1) is 21.3 Å². The third-order valence-corrected chi connectivity index (χ3v) is 2.87. The van der Waals surface area contributed by atoms with Crippen LogP contribution in [0.25, 0.3) is 0 Å². The first-order valence-corrected chi connectivity index (χ1v) is 5.95. The SMILES string of the molecule is COc1ccc([C@@H](N)CCC(F)(F)F)c(OC)c1OC. The molecule has 0 spiro atoms. The van der Waals surface area contributed by atoms with E-state index in [1.807, 2.05) is 0 Å². The summed E-state index contributed by atoms with van der Waals surface area (Å²) in [6.45, 7) is 0. The number of alkyl halides is 3. The van der Waals surface area contributed by atoms with Gasteiger partial charge in [0.1, 0.15) is 0 Å². The van der Waals surface area contributed by atoms with Crippen LogP contribution in [0.1, 0.15) is 24.4 Å². The van der Waals surface area contributed by atoms with E-state index in [0.29, 0.717) is 22.8 Å². The van der Waals surface area contributed by atoms with Gasteiger partial charge in [0, 0.05) is 18.0 Å². The number of ether oxygens (including phenoxy) is 3. The highest BCUT2D eigenvalue weighted by Gasteiger charge is 2.29. The maximum absolute atomic E-state index is 12.2. The van der Waals surface area contributed by atoms with Crippen LogP contribution in [0.4, 0.5) is 13.2 Å². The molecule has 0 unspecified atom stereocenters. The van der Waals surface area contributed by atoms with Crippen LogP contribution in [0.5, 0.6) is 17.2 Å². The molecule has 0 aliphatic rings. The standard InChI is InChI=1S/C13H18F3NO3/c1-18-10-5-4-8(11(19-2)12(10)20-3)9(17)6-7-13(14,15)16/h4-5,9H,6-7,17H2,1-3H3/t9-/m0/s1. The zero-order valence-electron chi connectivity index (χ0n) is 11.6. The molecule has 0 bridgehead atoms. The van der Waals surface area contributed by atoms with Gasteiger partial charge in [-0.05, 0) is 18.6 Å². The molecule has 0 fully saturated rings. The first-order valence-electron chi connectivity index (χ1n) is 5.95. The number of methoxy groups -OCH3 is 3. The molecule has 4 nitrogen and oxygen atoms in total. The lowest BCUT2D eigenvalue weighted by Crippen LogP contribution is -2.16. The first kappa shape index (κ1) is 16.4. The van der Waals surface area contributed by atoms with Crippen LogP contribution in [-0.2, 0) is 0 Å². The van der Waals surface area contributed by atoms with Crippen molar-refractivity contribution in [2.24, 2.45) is 5.73 Å². The fourth-order valence-corrected chi connectivity index (χ4v) is 1.89. The van der Waals surface area contributed by atoms with E-state index in [-0.39, 0.29) is 6.42 Å². The van der Waals surface area contributed by atoms with E-state index in [1.165, 1.54) is 21.3 Å². The zero-order valence-corrected chi connectivity index (χ0v) is 11.6. The molecule has 0 aliphatic carbocycles. The zero-order chi connectivity index (χ0) is 15.3. The second-order valence-electron chi connectivity index (χ2n) is 4.18. The van der Waals surface area contributed by atoms with Crippen LogP contribution in [0.2, 0.25) is 0 Å². The van der Waals surface area contributed by atoms with E-state index in [4.69, 9.17) is 19.9 Å². The molecule has 0 aliphatic heterocycles. The van der Waals surface area contributed by atoms with Gasteiger partial charge in [-0.2, -0.15) is 13.2 Å². The van der Waals surface area contributed by atoms with Gasteiger partial charge in [-0.1, -0.05) is 0 Å². The van der Waals surface area contributed by atoms with Crippen molar-refractivity contribution in [3.05, 3.63) is 17.7 Å². The summed E-state index contributed by atoms with van der Waals surface area (Å²) in [4.78, 5) is 0. The Balaban J connectivity index is 3.05. The highest BCUT2D eigenvalue weighted by Crippen LogP contribution is 2.42. The summed E-state index contributed by atoms with van der Waals surface area (Å²) in [7, 11) is 4.28. The van der Waals surface area contributed by atoms with Crippen molar-refractivity contribution in [3.8, 4) is 17.2 Å². The van der Waals surface area contributed by atoms with Crippen LogP contribution >= 0.6 is 0 Å². The molecular weight excluding hydrogens is 275 g/mol. The average molecular weight is 293 g/mol. The third kappa shape index (κ3) is 3.93. The molecule has 0 amide bonds. The molecule has 0 heterocycles. The molecule has 1 aromatic rings. The van der Waals surface area contributed by atoms with Crippen molar-refractivity contribution in [2.75, 3.05) is 21.3 Å². The summed E-state index contributed by atoms with van der Waals surface area (Å²) in [5, 5.41) is 0. The summed E-state index contributed by atoms with van der Waals surface area (Å²) < 4.78 is 52.2. The van der Waals surface area contributed by atoms with E-state index in [2.05, 4.69) is 0 Å². The van der Waals surface area contributed by atoms with Crippen LogP contribution in [0.3, 0.4) is 0 Å². The molecule has 0 radical (unpaired) electrons. The number of halogens is 3. The Morgan fingerprint density at radius 1 is 1.05 bits per heavy atom. The van der Waals surface area contributed by atoms with Gasteiger partial charge in [0.25, 0.3) is 0 Å². The Morgan fingerprint density at radius 3 is 2.10 bits per heavy atom. The molecule has 0 saturated carbocycles. The second kappa shape index (κ2) is 6.69. The Bertz CT molecular complexity index is 449. The predicted octanol–water partition coefficient (Wildman–Crippen LogP) is 3.05. The Morgan fingerprint density at radius 2 is 1.65 bits per heavy atom. The van der Waals surface area contributed by atoms with E-state index in [0.717, 1.165) is 0 Å². The maximum atomic E-state index is 12.2. The largest absolute Gasteiger partial charge is 0.493 e. The van der Waals surface area contributed by atoms with Gasteiger partial charge in [-0.3, -0.25) is 0 Å². The molecule has 1 atom stereocenters. The summed E-state index contributed by atoms with van der Waals surface area (Å²) in [5.41, 5.74) is 6.27. The number of hydrogen-bond acceptors (Lipinski definition) is 4. The highest BCUT2D eigenvalue weighted by molar-refractivity contribution is 5.56. The summed E-state index contributed by atoms with van der Waals surface area (Å²) in [6, 6.07) is 2.37.